The summed E-state index contributed by atoms with van der Waals surface area (Å²) >= 11 is 0. The monoisotopic (exact) mass is 404 g/mol. The maximum absolute atomic E-state index is 14.0. The smallest absolute Gasteiger partial charge is 0.368 e. The van der Waals surface area contributed by atoms with E-state index >= 15 is 0 Å². The second-order valence-corrected chi connectivity index (χ2v) is 7.58. The van der Waals surface area contributed by atoms with Gasteiger partial charge in [0.25, 0.3) is 6.43 Å². The lowest BCUT2D eigenvalue weighted by Crippen LogP contribution is -2.34. The van der Waals surface area contributed by atoms with E-state index in [1.807, 2.05) is 0 Å². The van der Waals surface area contributed by atoms with Gasteiger partial charge < -0.3 is 10.5 Å². The molecule has 2 N–H and O–H groups in total. The van der Waals surface area contributed by atoms with Crippen molar-refractivity contribution in [2.24, 2.45) is 5.73 Å². The molecular weight excluding hydrogens is 395 g/mol. The number of alkyl halides is 4. The molecule has 2 aromatic rings. The zero-order valence-electron chi connectivity index (χ0n) is 13.1. The predicted octanol–water partition coefficient (Wildman–Crippen LogP) is 4.49. The summed E-state index contributed by atoms with van der Waals surface area (Å²) in [5.74, 6) is -1.90. The lowest BCUT2D eigenvalue weighted by atomic mass is 10.0. The van der Waals surface area contributed by atoms with E-state index in [0.717, 1.165) is 24.3 Å². The number of sulfone groups is 1. The van der Waals surface area contributed by atoms with Crippen molar-refractivity contribution in [1.82, 2.24) is 0 Å². The molecule has 0 bridgehead atoms. The minimum atomic E-state index is -5.24. The first-order valence-electron chi connectivity index (χ1n) is 7.19. The highest BCUT2D eigenvalue weighted by molar-refractivity contribution is 7.92. The Hall–Kier alpha value is -2.71. The number of nitrogens with two attached hydrogens (primary N) is 1. The van der Waals surface area contributed by atoms with Crippen molar-refractivity contribution >= 4 is 15.5 Å². The van der Waals surface area contributed by atoms with E-state index in [0.29, 0.717) is 6.07 Å². The number of rotatable bonds is 3. The zero-order chi connectivity index (χ0) is 20.1. The Labute approximate surface area is 149 Å². The van der Waals surface area contributed by atoms with Crippen molar-refractivity contribution in [3.05, 3.63) is 58.7 Å². The van der Waals surface area contributed by atoms with Crippen LogP contribution in [0.5, 0.6) is 11.5 Å². The molecule has 142 valence electrons. The van der Waals surface area contributed by atoms with Crippen molar-refractivity contribution < 1.29 is 35.1 Å². The summed E-state index contributed by atoms with van der Waals surface area (Å²) in [6.45, 7) is 6.86. The van der Waals surface area contributed by atoms with Crippen LogP contribution in [-0.2, 0) is 9.84 Å². The van der Waals surface area contributed by atoms with Crippen LogP contribution < -0.4 is 10.5 Å². The van der Waals surface area contributed by atoms with E-state index in [1.165, 1.54) is 0 Å². The summed E-state index contributed by atoms with van der Waals surface area (Å²) in [6, 6.07) is 1.64. The molecule has 11 heteroatoms. The van der Waals surface area contributed by atoms with Gasteiger partial charge in [0, 0.05) is 11.6 Å². The fraction of sp³-hybridized carbons (Fsp3) is 0.188. The summed E-state index contributed by atoms with van der Waals surface area (Å²) < 4.78 is 97.6. The van der Waals surface area contributed by atoms with E-state index in [2.05, 4.69) is 4.85 Å². The van der Waals surface area contributed by atoms with Gasteiger partial charge in [0.1, 0.15) is 23.4 Å². The minimum Gasteiger partial charge on any atom is -0.458 e. The highest BCUT2D eigenvalue weighted by Gasteiger charge is 2.60. The third-order valence-corrected chi connectivity index (χ3v) is 5.86. The largest absolute Gasteiger partial charge is 0.458 e. The molecule has 1 aliphatic rings. The van der Waals surface area contributed by atoms with E-state index in [9.17, 15) is 30.4 Å². The second kappa shape index (κ2) is 6.17. The average molecular weight is 404 g/mol. The number of hydrogen-bond donors (Lipinski definition) is 1. The predicted molar refractivity (Wildman–Crippen MR) is 83.2 cm³/mol. The topological polar surface area (TPSA) is 73.8 Å². The summed E-state index contributed by atoms with van der Waals surface area (Å²) in [5, 5.41) is -4.46. The van der Waals surface area contributed by atoms with Gasteiger partial charge in [-0.1, -0.05) is 0 Å². The molecule has 27 heavy (non-hydrogen) atoms. The fourth-order valence-electron chi connectivity index (χ4n) is 2.75. The summed E-state index contributed by atoms with van der Waals surface area (Å²) in [5.41, 5.74) is 2.99. The molecule has 0 amide bonds. The molecule has 1 unspecified atom stereocenters. The number of hydrogen-bond acceptors (Lipinski definition) is 4. The Morgan fingerprint density at radius 2 is 1.89 bits per heavy atom. The van der Waals surface area contributed by atoms with Gasteiger partial charge in [-0.25, -0.2) is 26.4 Å². The average Bonchev–Trinajstić information content (AvgIpc) is 2.71. The minimum absolute atomic E-state index is 0.185. The number of halogens is 5. The molecule has 5 nitrogen and oxygen atoms in total. The van der Waals surface area contributed by atoms with Gasteiger partial charge >= 0.3 is 5.25 Å². The third kappa shape index (κ3) is 2.81. The SMILES string of the molecule is [C-]#[N+]c1cc(F)cc(Oc2ccc3c(c2C(F)F)C(N)C(F)(F)S3(=O)=O)c1. The zero-order valence-corrected chi connectivity index (χ0v) is 13.9. The second-order valence-electron chi connectivity index (χ2n) is 5.59. The lowest BCUT2D eigenvalue weighted by Gasteiger charge is -2.17. The van der Waals surface area contributed by atoms with Gasteiger partial charge in [-0.2, -0.15) is 8.78 Å². The van der Waals surface area contributed by atoms with Crippen molar-refractivity contribution in [3.63, 3.8) is 0 Å². The lowest BCUT2D eigenvalue weighted by molar-refractivity contribution is 0.0662. The summed E-state index contributed by atoms with van der Waals surface area (Å²) in [4.78, 5) is 1.97. The maximum atomic E-state index is 14.0. The number of nitrogens with zero attached hydrogens (tertiary/aromatic N) is 1. The van der Waals surface area contributed by atoms with Crippen molar-refractivity contribution in [2.45, 2.75) is 22.6 Å². The van der Waals surface area contributed by atoms with Crippen LogP contribution in [0.2, 0.25) is 0 Å². The van der Waals surface area contributed by atoms with Gasteiger partial charge in [-0.3, -0.25) is 0 Å². The Balaban J connectivity index is 2.20. The van der Waals surface area contributed by atoms with E-state index in [4.69, 9.17) is 17.0 Å². The number of fused-ring (bicyclic) bond motifs is 1. The number of benzene rings is 2. The number of ether oxygens (including phenoxy) is 1. The molecule has 1 heterocycles. The van der Waals surface area contributed by atoms with Crippen LogP contribution in [0.1, 0.15) is 23.6 Å². The Morgan fingerprint density at radius 1 is 1.22 bits per heavy atom. The Morgan fingerprint density at radius 3 is 2.48 bits per heavy atom. The van der Waals surface area contributed by atoms with Gasteiger partial charge in [0.15, 0.2) is 5.69 Å². The van der Waals surface area contributed by atoms with Crippen LogP contribution in [0.4, 0.5) is 27.6 Å². The van der Waals surface area contributed by atoms with Crippen LogP contribution in [0.15, 0.2) is 35.2 Å². The maximum Gasteiger partial charge on any atom is 0.368 e. The highest BCUT2D eigenvalue weighted by atomic mass is 32.2. The first-order valence-corrected chi connectivity index (χ1v) is 8.68. The van der Waals surface area contributed by atoms with Crippen LogP contribution >= 0.6 is 0 Å². The van der Waals surface area contributed by atoms with E-state index in [-0.39, 0.29) is 11.4 Å². The molecule has 3 rings (SSSR count). The third-order valence-electron chi connectivity index (χ3n) is 3.96. The highest BCUT2D eigenvalue weighted by Crippen LogP contribution is 2.52. The fourth-order valence-corrected chi connectivity index (χ4v) is 4.26. The molecule has 0 radical (unpaired) electrons. The van der Waals surface area contributed by atoms with Gasteiger partial charge in [0.05, 0.1) is 17.0 Å². The molecule has 2 aromatic carbocycles. The van der Waals surface area contributed by atoms with Crippen LogP contribution in [0, 0.1) is 12.4 Å². The first-order chi connectivity index (χ1) is 12.5. The molecule has 0 saturated heterocycles. The van der Waals surface area contributed by atoms with Gasteiger partial charge in [-0.15, -0.1) is 0 Å². The molecule has 0 fully saturated rings. The quantitative estimate of drug-likeness (QED) is 0.605. The molecule has 0 aliphatic carbocycles. The molecule has 1 atom stereocenters. The molecule has 1 aliphatic heterocycles. The van der Waals surface area contributed by atoms with Crippen LogP contribution in [0.25, 0.3) is 4.85 Å². The Bertz CT molecular complexity index is 1080. The molecule has 0 spiro atoms. The molecule has 0 aromatic heterocycles. The van der Waals surface area contributed by atoms with Crippen LogP contribution in [0.3, 0.4) is 0 Å². The van der Waals surface area contributed by atoms with Gasteiger partial charge in [0.2, 0.25) is 9.84 Å². The van der Waals surface area contributed by atoms with Crippen molar-refractivity contribution in [2.75, 3.05) is 0 Å². The van der Waals surface area contributed by atoms with Crippen LogP contribution in [-0.4, -0.2) is 13.7 Å². The normalized spacial score (nSPS) is 19.6. The van der Waals surface area contributed by atoms with E-state index < -0.39 is 55.1 Å². The molecular formula is C16H9F5N2O3S. The van der Waals surface area contributed by atoms with Gasteiger partial charge in [-0.05, 0) is 24.3 Å². The summed E-state index contributed by atoms with van der Waals surface area (Å²) in [7, 11) is -5.24. The van der Waals surface area contributed by atoms with Crippen molar-refractivity contribution in [3.8, 4) is 11.5 Å². The van der Waals surface area contributed by atoms with E-state index in [1.54, 1.807) is 0 Å². The summed E-state index contributed by atoms with van der Waals surface area (Å²) in [6.07, 6.45) is -3.40. The standard InChI is InChI=1S/C16H9F5N2O3S/c1-23-8-4-7(17)5-9(6-8)26-10-2-3-11-13(12(10)15(18)19)14(22)16(20,21)27(11,24)25/h2-6,14-15H,22H2. The Kier molecular flexibility index (Phi) is 4.36. The van der Waals surface area contributed by atoms with Crippen molar-refractivity contribution in [1.29, 1.82) is 0 Å². The first kappa shape index (κ1) is 19.1. The molecule has 0 saturated carbocycles.